The smallest absolute Gasteiger partial charge is 0.319 e. The van der Waals surface area contributed by atoms with Crippen LogP contribution in [0.2, 0.25) is 5.02 Å². The molecule has 0 aliphatic rings. The highest BCUT2D eigenvalue weighted by Gasteiger charge is 2.23. The van der Waals surface area contributed by atoms with Crippen LogP contribution in [0.25, 0.3) is 0 Å². The largest absolute Gasteiger partial charge is 0.465 e. The van der Waals surface area contributed by atoms with Crippen LogP contribution < -0.4 is 5.32 Å². The molecule has 1 aromatic carbocycles. The fourth-order valence-corrected chi connectivity index (χ4v) is 3.78. The molecule has 7 heteroatoms. The molecule has 1 rings (SSSR count). The molecule has 0 heterocycles. The summed E-state index contributed by atoms with van der Waals surface area (Å²) >= 11 is 7.41. The number of amides is 1. The number of anilines is 1. The maximum Gasteiger partial charge on any atom is 0.319 e. The van der Waals surface area contributed by atoms with Crippen LogP contribution in [-0.2, 0) is 14.3 Å². The predicted molar refractivity (Wildman–Crippen MR) is 110 cm³/mol. The maximum atomic E-state index is 14.2. The van der Waals surface area contributed by atoms with Gasteiger partial charge in [0, 0.05) is 11.3 Å². The number of hydrogen-bond acceptors (Lipinski definition) is 4. The lowest BCUT2D eigenvalue weighted by molar-refractivity contribution is -0.143. The molecule has 2 atom stereocenters. The van der Waals surface area contributed by atoms with E-state index in [0.717, 1.165) is 19.3 Å². The monoisotopic (exact) mass is 417 g/mol. The summed E-state index contributed by atoms with van der Waals surface area (Å²) < 4.78 is 19.5. The van der Waals surface area contributed by atoms with Crippen molar-refractivity contribution in [2.45, 2.75) is 69.9 Å². The molecule has 0 aromatic heterocycles. The topological polar surface area (TPSA) is 55.4 Å². The van der Waals surface area contributed by atoms with E-state index in [1.807, 2.05) is 27.7 Å². The van der Waals surface area contributed by atoms with Gasteiger partial charge >= 0.3 is 5.97 Å². The molecule has 1 amide bonds. The number of halogens is 2. The molecule has 27 heavy (non-hydrogen) atoms. The summed E-state index contributed by atoms with van der Waals surface area (Å²) in [5.41, 5.74) is 0.0763. The van der Waals surface area contributed by atoms with Gasteiger partial charge in [0.1, 0.15) is 11.1 Å². The average molecular weight is 418 g/mol. The number of carbonyl (C=O) groups excluding carboxylic acids is 2. The highest BCUT2D eigenvalue weighted by Crippen LogP contribution is 2.36. The maximum absolute atomic E-state index is 14.2. The molecule has 4 nitrogen and oxygen atoms in total. The van der Waals surface area contributed by atoms with Crippen LogP contribution in [0.4, 0.5) is 10.1 Å². The number of hydrogen-bond donors (Lipinski definition) is 1. The van der Waals surface area contributed by atoms with Gasteiger partial charge in [-0.3, -0.25) is 9.59 Å². The van der Waals surface area contributed by atoms with Crippen molar-refractivity contribution in [2.75, 3.05) is 11.9 Å². The lowest BCUT2D eigenvalue weighted by atomic mass is 10.1. The molecule has 2 unspecified atom stereocenters. The van der Waals surface area contributed by atoms with Crippen LogP contribution in [0.1, 0.15) is 59.8 Å². The molecule has 0 saturated heterocycles. The number of thioether (sulfide) groups is 1. The van der Waals surface area contributed by atoms with Crippen LogP contribution >= 0.6 is 23.4 Å². The minimum atomic E-state index is -0.595. The van der Waals surface area contributed by atoms with Crippen LogP contribution in [0.3, 0.4) is 0 Å². The van der Waals surface area contributed by atoms with Gasteiger partial charge in [-0.2, -0.15) is 0 Å². The standard InChI is InChI=1S/C20H29ClFNO3S/c1-5-8-17(20(25)26-9-6-2)27-18-12-16(15(22)11-14(18)21)23-19(24)10-13(4)7-3/h11-13,17H,5-10H2,1-4H3,(H,23,24). The first-order valence-corrected chi connectivity index (χ1v) is 10.7. The van der Waals surface area contributed by atoms with Gasteiger partial charge in [-0.25, -0.2) is 4.39 Å². The molecular formula is C20H29ClFNO3S. The van der Waals surface area contributed by atoms with Crippen molar-refractivity contribution in [1.82, 2.24) is 0 Å². The Labute approximate surface area is 170 Å². The van der Waals surface area contributed by atoms with Crippen molar-refractivity contribution in [3.8, 4) is 0 Å². The molecule has 1 aromatic rings. The minimum absolute atomic E-state index is 0.0763. The zero-order valence-electron chi connectivity index (χ0n) is 16.4. The van der Waals surface area contributed by atoms with E-state index in [1.165, 1.54) is 23.9 Å². The Hall–Kier alpha value is -1.27. The Morgan fingerprint density at radius 3 is 2.56 bits per heavy atom. The second-order valence-corrected chi connectivity index (χ2v) is 8.24. The first-order valence-electron chi connectivity index (χ1n) is 9.44. The summed E-state index contributed by atoms with van der Waals surface area (Å²) in [7, 11) is 0. The van der Waals surface area contributed by atoms with Crippen molar-refractivity contribution < 1.29 is 18.7 Å². The van der Waals surface area contributed by atoms with Crippen molar-refractivity contribution in [3.05, 3.63) is 23.0 Å². The van der Waals surface area contributed by atoms with Gasteiger partial charge in [0.15, 0.2) is 0 Å². The van der Waals surface area contributed by atoms with E-state index in [4.69, 9.17) is 16.3 Å². The van der Waals surface area contributed by atoms with Crippen molar-refractivity contribution in [3.63, 3.8) is 0 Å². The molecular weight excluding hydrogens is 389 g/mol. The molecule has 0 fully saturated rings. The normalized spacial score (nSPS) is 13.1. The van der Waals surface area contributed by atoms with Crippen molar-refractivity contribution >= 4 is 40.9 Å². The average Bonchev–Trinajstić information content (AvgIpc) is 2.62. The highest BCUT2D eigenvalue weighted by molar-refractivity contribution is 8.00. The molecule has 0 aliphatic carbocycles. The Morgan fingerprint density at radius 2 is 1.96 bits per heavy atom. The Bertz CT molecular complexity index is 642. The van der Waals surface area contributed by atoms with E-state index in [-0.39, 0.29) is 28.5 Å². The number of carbonyl (C=O) groups is 2. The van der Waals surface area contributed by atoms with Gasteiger partial charge in [0.25, 0.3) is 0 Å². The Kier molecular flexibility index (Phi) is 10.8. The molecule has 0 aliphatic heterocycles. The fraction of sp³-hybridized carbons (Fsp3) is 0.600. The predicted octanol–water partition coefficient (Wildman–Crippen LogP) is 6.07. The number of ether oxygens (including phenoxy) is 1. The van der Waals surface area contributed by atoms with Gasteiger partial charge < -0.3 is 10.1 Å². The third kappa shape index (κ3) is 8.09. The Morgan fingerprint density at radius 1 is 1.26 bits per heavy atom. The summed E-state index contributed by atoms with van der Waals surface area (Å²) in [4.78, 5) is 24.9. The van der Waals surface area contributed by atoms with Crippen LogP contribution in [0, 0.1) is 11.7 Å². The lowest BCUT2D eigenvalue weighted by Gasteiger charge is -2.17. The second kappa shape index (κ2) is 12.2. The van der Waals surface area contributed by atoms with E-state index in [1.54, 1.807) is 0 Å². The summed E-state index contributed by atoms with van der Waals surface area (Å²) in [6.45, 7) is 8.25. The Balaban J connectivity index is 2.95. The van der Waals surface area contributed by atoms with Crippen molar-refractivity contribution in [1.29, 1.82) is 0 Å². The van der Waals surface area contributed by atoms with E-state index in [2.05, 4.69) is 5.32 Å². The molecule has 152 valence electrons. The summed E-state index contributed by atoms with van der Waals surface area (Å²) in [5.74, 6) is -0.917. The van der Waals surface area contributed by atoms with E-state index < -0.39 is 11.1 Å². The molecule has 0 bridgehead atoms. The van der Waals surface area contributed by atoms with Gasteiger partial charge in [-0.05, 0) is 30.9 Å². The van der Waals surface area contributed by atoms with Crippen LogP contribution in [0.15, 0.2) is 17.0 Å². The summed E-state index contributed by atoms with van der Waals surface area (Å²) in [6.07, 6.45) is 3.37. The minimum Gasteiger partial charge on any atom is -0.465 e. The molecule has 0 spiro atoms. The van der Waals surface area contributed by atoms with Crippen molar-refractivity contribution in [2.24, 2.45) is 5.92 Å². The van der Waals surface area contributed by atoms with E-state index in [0.29, 0.717) is 24.3 Å². The van der Waals surface area contributed by atoms with Crippen LogP contribution in [-0.4, -0.2) is 23.7 Å². The summed E-state index contributed by atoms with van der Waals surface area (Å²) in [5, 5.41) is 2.40. The third-order valence-corrected chi connectivity index (χ3v) is 5.79. The molecule has 0 radical (unpaired) electrons. The zero-order chi connectivity index (χ0) is 20.4. The number of rotatable bonds is 11. The zero-order valence-corrected chi connectivity index (χ0v) is 18.0. The molecule has 0 saturated carbocycles. The highest BCUT2D eigenvalue weighted by atomic mass is 35.5. The number of benzene rings is 1. The third-order valence-electron chi connectivity index (χ3n) is 4.06. The van der Waals surface area contributed by atoms with Gasteiger partial charge in [-0.1, -0.05) is 52.1 Å². The second-order valence-electron chi connectivity index (χ2n) is 6.59. The quantitative estimate of drug-likeness (QED) is 0.350. The van der Waals surface area contributed by atoms with Crippen LogP contribution in [0.5, 0.6) is 0 Å². The first kappa shape index (κ1) is 23.8. The molecule has 1 N–H and O–H groups in total. The number of nitrogens with one attached hydrogen (secondary N) is 1. The first-order chi connectivity index (χ1) is 12.8. The van der Waals surface area contributed by atoms with Gasteiger partial charge in [-0.15, -0.1) is 11.8 Å². The van der Waals surface area contributed by atoms with E-state index >= 15 is 0 Å². The number of esters is 1. The van der Waals surface area contributed by atoms with Gasteiger partial charge in [0.2, 0.25) is 5.91 Å². The van der Waals surface area contributed by atoms with E-state index in [9.17, 15) is 14.0 Å². The lowest BCUT2D eigenvalue weighted by Crippen LogP contribution is -2.20. The summed E-state index contributed by atoms with van der Waals surface area (Å²) in [6, 6.07) is 2.66. The SMILES string of the molecule is CCCOC(=O)C(CCC)Sc1cc(NC(=O)CC(C)CC)c(F)cc1Cl. The van der Waals surface area contributed by atoms with Gasteiger partial charge in [0.05, 0.1) is 17.3 Å². The fourth-order valence-electron chi connectivity index (χ4n) is 2.31.